The summed E-state index contributed by atoms with van der Waals surface area (Å²) in [5, 5.41) is 3.73. The van der Waals surface area contributed by atoms with Crippen LogP contribution in [0.5, 0.6) is 0 Å². The van der Waals surface area contributed by atoms with Gasteiger partial charge in [-0.3, -0.25) is 0 Å². The summed E-state index contributed by atoms with van der Waals surface area (Å²) in [5.41, 5.74) is 0.904. The Morgan fingerprint density at radius 3 is 3.07 bits per heavy atom. The van der Waals surface area contributed by atoms with E-state index in [1.54, 1.807) is 0 Å². The first-order valence-electron chi connectivity index (χ1n) is 5.09. The molecule has 1 saturated heterocycles. The summed E-state index contributed by atoms with van der Waals surface area (Å²) >= 11 is 7.79. The minimum atomic E-state index is 0.320. The molecule has 5 heteroatoms. The second-order valence-corrected chi connectivity index (χ2v) is 5.21. The summed E-state index contributed by atoms with van der Waals surface area (Å²) in [6, 6.07) is 2.46. The Bertz CT molecular complexity index is 319. The average Bonchev–Trinajstić information content (AvgIpc) is 2.17. The molecule has 0 bridgehead atoms. The lowest BCUT2D eigenvalue weighted by Gasteiger charge is -2.22. The first-order chi connectivity index (χ1) is 7.24. The summed E-state index contributed by atoms with van der Waals surface area (Å²) in [7, 11) is 0. The predicted molar refractivity (Wildman–Crippen MR) is 65.7 cm³/mol. The summed E-state index contributed by atoms with van der Waals surface area (Å²) < 4.78 is 0. The molecular weight excluding hydrogens is 230 g/mol. The largest absolute Gasteiger partial charge is 0.366 e. The summed E-state index contributed by atoms with van der Waals surface area (Å²) in [6.45, 7) is 1.92. The maximum Gasteiger partial charge on any atom is 0.224 e. The Hall–Kier alpha value is -0.480. The van der Waals surface area contributed by atoms with Crippen LogP contribution in [0.3, 0.4) is 0 Å². The molecule has 1 aliphatic rings. The van der Waals surface area contributed by atoms with Crippen LogP contribution in [0.15, 0.2) is 6.07 Å². The summed E-state index contributed by atoms with van der Waals surface area (Å²) in [6.07, 6.45) is 2.49. The zero-order chi connectivity index (χ0) is 10.7. The van der Waals surface area contributed by atoms with E-state index in [1.165, 1.54) is 18.6 Å². The van der Waals surface area contributed by atoms with E-state index in [0.29, 0.717) is 11.3 Å². The number of aromatic nitrogens is 2. The van der Waals surface area contributed by atoms with E-state index >= 15 is 0 Å². The average molecular weight is 244 g/mol. The third-order valence-corrected chi connectivity index (χ3v) is 3.72. The van der Waals surface area contributed by atoms with Gasteiger partial charge in [-0.1, -0.05) is 0 Å². The standard InChI is InChI=1S/C10H14ClN3S/c1-7-5-9(14-10(11)12-7)13-8-3-2-4-15-6-8/h5,8H,2-4,6H2,1H3,(H,12,13,14). The van der Waals surface area contributed by atoms with Crippen molar-refractivity contribution < 1.29 is 0 Å². The number of nitrogens with one attached hydrogen (secondary N) is 1. The molecule has 0 saturated carbocycles. The van der Waals surface area contributed by atoms with Gasteiger partial charge in [0.1, 0.15) is 5.82 Å². The van der Waals surface area contributed by atoms with E-state index in [2.05, 4.69) is 15.3 Å². The molecule has 2 heterocycles. The molecule has 0 aliphatic carbocycles. The van der Waals surface area contributed by atoms with Crippen LogP contribution in [0.2, 0.25) is 5.28 Å². The van der Waals surface area contributed by atoms with Crippen molar-refractivity contribution in [3.63, 3.8) is 0 Å². The predicted octanol–water partition coefficient (Wildman–Crippen LogP) is 2.75. The van der Waals surface area contributed by atoms with Crippen molar-refractivity contribution in [3.05, 3.63) is 17.0 Å². The van der Waals surface area contributed by atoms with E-state index in [0.717, 1.165) is 17.3 Å². The molecule has 1 aliphatic heterocycles. The SMILES string of the molecule is Cc1cc(NC2CCCSC2)nc(Cl)n1. The molecule has 1 atom stereocenters. The van der Waals surface area contributed by atoms with Crippen LogP contribution in [0.1, 0.15) is 18.5 Å². The van der Waals surface area contributed by atoms with Crippen LogP contribution in [0.4, 0.5) is 5.82 Å². The van der Waals surface area contributed by atoms with Crippen molar-refractivity contribution in [3.8, 4) is 0 Å². The Balaban J connectivity index is 2.02. The van der Waals surface area contributed by atoms with Gasteiger partial charge >= 0.3 is 0 Å². The van der Waals surface area contributed by atoms with Crippen molar-refractivity contribution in [2.45, 2.75) is 25.8 Å². The normalized spacial score (nSPS) is 21.3. The molecule has 0 radical (unpaired) electrons. The fourth-order valence-electron chi connectivity index (χ4n) is 1.67. The molecular formula is C10H14ClN3S. The monoisotopic (exact) mass is 243 g/mol. The number of hydrogen-bond acceptors (Lipinski definition) is 4. The van der Waals surface area contributed by atoms with Gasteiger partial charge in [0.15, 0.2) is 0 Å². The minimum absolute atomic E-state index is 0.320. The number of anilines is 1. The molecule has 3 nitrogen and oxygen atoms in total. The summed E-state index contributed by atoms with van der Waals surface area (Å²) in [4.78, 5) is 8.20. The van der Waals surface area contributed by atoms with Gasteiger partial charge in [0.2, 0.25) is 5.28 Å². The molecule has 0 aromatic carbocycles. The molecule has 1 N–H and O–H groups in total. The Morgan fingerprint density at radius 2 is 2.40 bits per heavy atom. The van der Waals surface area contributed by atoms with E-state index in [4.69, 9.17) is 11.6 Å². The molecule has 1 aromatic rings. The fraction of sp³-hybridized carbons (Fsp3) is 0.600. The number of hydrogen-bond donors (Lipinski definition) is 1. The highest BCUT2D eigenvalue weighted by molar-refractivity contribution is 7.99. The first kappa shape index (κ1) is 11.0. The highest BCUT2D eigenvalue weighted by Gasteiger charge is 2.14. The van der Waals surface area contributed by atoms with Crippen molar-refractivity contribution in [1.82, 2.24) is 9.97 Å². The highest BCUT2D eigenvalue weighted by atomic mass is 35.5. The van der Waals surface area contributed by atoms with Crippen molar-refractivity contribution in [1.29, 1.82) is 0 Å². The van der Waals surface area contributed by atoms with Crippen LogP contribution in [-0.2, 0) is 0 Å². The van der Waals surface area contributed by atoms with Crippen LogP contribution in [0.25, 0.3) is 0 Å². The molecule has 15 heavy (non-hydrogen) atoms. The van der Waals surface area contributed by atoms with Gasteiger partial charge in [-0.05, 0) is 37.1 Å². The molecule has 82 valence electrons. The third-order valence-electron chi connectivity index (χ3n) is 2.34. The Morgan fingerprint density at radius 1 is 1.53 bits per heavy atom. The lowest BCUT2D eigenvalue weighted by Crippen LogP contribution is -2.26. The van der Waals surface area contributed by atoms with Crippen LogP contribution in [-0.4, -0.2) is 27.5 Å². The Kier molecular flexibility index (Phi) is 3.70. The second-order valence-electron chi connectivity index (χ2n) is 3.72. The zero-order valence-electron chi connectivity index (χ0n) is 8.66. The van der Waals surface area contributed by atoms with Crippen molar-refractivity contribution in [2.75, 3.05) is 16.8 Å². The maximum atomic E-state index is 5.80. The number of aryl methyl sites for hydroxylation is 1. The molecule has 1 aromatic heterocycles. The molecule has 2 rings (SSSR count). The highest BCUT2D eigenvalue weighted by Crippen LogP contribution is 2.20. The smallest absolute Gasteiger partial charge is 0.224 e. The lowest BCUT2D eigenvalue weighted by atomic mass is 10.2. The fourth-order valence-corrected chi connectivity index (χ4v) is 2.97. The third kappa shape index (κ3) is 3.24. The van der Waals surface area contributed by atoms with E-state index in [-0.39, 0.29) is 0 Å². The van der Waals surface area contributed by atoms with Gasteiger partial charge < -0.3 is 5.32 Å². The molecule has 1 unspecified atom stereocenters. The number of rotatable bonds is 2. The van der Waals surface area contributed by atoms with Crippen molar-refractivity contribution in [2.24, 2.45) is 0 Å². The molecule has 0 spiro atoms. The van der Waals surface area contributed by atoms with Crippen LogP contribution in [0, 0.1) is 6.92 Å². The topological polar surface area (TPSA) is 37.8 Å². The van der Waals surface area contributed by atoms with Gasteiger partial charge in [-0.2, -0.15) is 11.8 Å². The van der Waals surface area contributed by atoms with Gasteiger partial charge in [-0.15, -0.1) is 0 Å². The molecule has 0 amide bonds. The number of halogens is 1. The lowest BCUT2D eigenvalue weighted by molar-refractivity contribution is 0.682. The van der Waals surface area contributed by atoms with Crippen LogP contribution < -0.4 is 5.32 Å². The Labute approximate surface area is 99.0 Å². The van der Waals surface area contributed by atoms with Gasteiger partial charge in [0.05, 0.1) is 0 Å². The zero-order valence-corrected chi connectivity index (χ0v) is 10.2. The number of nitrogens with zero attached hydrogens (tertiary/aromatic N) is 2. The second kappa shape index (κ2) is 5.03. The van der Waals surface area contributed by atoms with Gasteiger partial charge in [0, 0.05) is 23.6 Å². The van der Waals surface area contributed by atoms with Crippen LogP contribution >= 0.6 is 23.4 Å². The summed E-state index contributed by atoms with van der Waals surface area (Å²) in [5.74, 6) is 3.28. The van der Waals surface area contributed by atoms with E-state index in [1.807, 2.05) is 24.8 Å². The van der Waals surface area contributed by atoms with E-state index < -0.39 is 0 Å². The molecule has 1 fully saturated rings. The van der Waals surface area contributed by atoms with Gasteiger partial charge in [-0.25, -0.2) is 9.97 Å². The number of thioether (sulfide) groups is 1. The van der Waals surface area contributed by atoms with E-state index in [9.17, 15) is 0 Å². The maximum absolute atomic E-state index is 5.80. The minimum Gasteiger partial charge on any atom is -0.366 e. The van der Waals surface area contributed by atoms with Gasteiger partial charge in [0.25, 0.3) is 0 Å². The first-order valence-corrected chi connectivity index (χ1v) is 6.63. The quantitative estimate of drug-likeness (QED) is 0.811. The van der Waals surface area contributed by atoms with Crippen molar-refractivity contribution >= 4 is 29.2 Å².